The summed E-state index contributed by atoms with van der Waals surface area (Å²) in [5, 5.41) is 1.05. The zero-order chi connectivity index (χ0) is 10.1. The third-order valence-electron chi connectivity index (χ3n) is 2.04. The lowest BCUT2D eigenvalue weighted by Gasteiger charge is -2.23. The van der Waals surface area contributed by atoms with E-state index >= 15 is 0 Å². The summed E-state index contributed by atoms with van der Waals surface area (Å²) in [6, 6.07) is 3.86. The molecule has 1 aliphatic heterocycles. The summed E-state index contributed by atoms with van der Waals surface area (Å²) in [5.41, 5.74) is 0. The van der Waals surface area contributed by atoms with Crippen LogP contribution in [-0.2, 0) is 0 Å². The number of ether oxygens (including phenoxy) is 2. The highest BCUT2D eigenvalue weighted by Gasteiger charge is 2.21. The van der Waals surface area contributed by atoms with Gasteiger partial charge >= 0.3 is 0 Å². The molecular weight excluding hydrogens is 220 g/mol. The summed E-state index contributed by atoms with van der Waals surface area (Å²) in [6.07, 6.45) is 0. The van der Waals surface area contributed by atoms with Crippen LogP contribution >= 0.6 is 23.4 Å². The van der Waals surface area contributed by atoms with E-state index in [0.717, 1.165) is 10.6 Å². The van der Waals surface area contributed by atoms with Crippen molar-refractivity contribution in [3.63, 3.8) is 0 Å². The molecule has 0 saturated carbocycles. The fourth-order valence-corrected chi connectivity index (χ4v) is 2.69. The Morgan fingerprint density at radius 1 is 1.57 bits per heavy atom. The van der Waals surface area contributed by atoms with Crippen molar-refractivity contribution in [1.82, 2.24) is 0 Å². The van der Waals surface area contributed by atoms with Crippen molar-refractivity contribution in [2.45, 2.75) is 17.1 Å². The molecule has 76 valence electrons. The van der Waals surface area contributed by atoms with Crippen molar-refractivity contribution in [2.24, 2.45) is 0 Å². The van der Waals surface area contributed by atoms with E-state index in [4.69, 9.17) is 21.1 Å². The van der Waals surface area contributed by atoms with Crippen LogP contribution in [-0.4, -0.2) is 19.0 Å². The summed E-state index contributed by atoms with van der Waals surface area (Å²) >= 11 is 7.89. The molecule has 0 saturated heterocycles. The SMILES string of the molecule is COc1ccc2c(c1Cl)OCC(C)S2. The highest BCUT2D eigenvalue weighted by atomic mass is 35.5. The van der Waals surface area contributed by atoms with Gasteiger partial charge in [-0.05, 0) is 19.1 Å². The maximum atomic E-state index is 6.11. The molecule has 4 heteroatoms. The average Bonchev–Trinajstić information content (AvgIpc) is 2.18. The second-order valence-electron chi connectivity index (χ2n) is 3.15. The predicted molar refractivity (Wildman–Crippen MR) is 58.8 cm³/mol. The molecule has 0 aliphatic carbocycles. The monoisotopic (exact) mass is 230 g/mol. The lowest BCUT2D eigenvalue weighted by atomic mass is 10.3. The van der Waals surface area contributed by atoms with Gasteiger partial charge in [0.2, 0.25) is 0 Å². The van der Waals surface area contributed by atoms with Gasteiger partial charge in [-0.15, -0.1) is 11.8 Å². The molecule has 1 aliphatic rings. The molecule has 2 rings (SSSR count). The molecule has 14 heavy (non-hydrogen) atoms. The number of methoxy groups -OCH3 is 1. The minimum Gasteiger partial charge on any atom is -0.495 e. The van der Waals surface area contributed by atoms with Gasteiger partial charge in [-0.25, -0.2) is 0 Å². The van der Waals surface area contributed by atoms with Crippen LogP contribution in [0.2, 0.25) is 5.02 Å². The van der Waals surface area contributed by atoms with E-state index in [1.807, 2.05) is 12.1 Å². The Balaban J connectivity index is 2.43. The van der Waals surface area contributed by atoms with Crippen LogP contribution in [0.15, 0.2) is 17.0 Å². The molecule has 0 radical (unpaired) electrons. The lowest BCUT2D eigenvalue weighted by Crippen LogP contribution is -2.15. The topological polar surface area (TPSA) is 18.5 Å². The standard InChI is InChI=1S/C10H11ClO2S/c1-6-5-13-10-8(14-6)4-3-7(12-2)9(10)11/h3-4,6H,5H2,1-2H3. The van der Waals surface area contributed by atoms with Crippen LogP contribution in [0.5, 0.6) is 11.5 Å². The van der Waals surface area contributed by atoms with Crippen molar-refractivity contribution in [2.75, 3.05) is 13.7 Å². The summed E-state index contributed by atoms with van der Waals surface area (Å²) in [6.45, 7) is 2.83. The largest absolute Gasteiger partial charge is 0.495 e. The van der Waals surface area contributed by atoms with Gasteiger partial charge in [0.1, 0.15) is 17.4 Å². The lowest BCUT2D eigenvalue weighted by molar-refractivity contribution is 0.305. The number of hydrogen-bond donors (Lipinski definition) is 0. The fraction of sp³-hybridized carbons (Fsp3) is 0.400. The van der Waals surface area contributed by atoms with Crippen LogP contribution in [0.4, 0.5) is 0 Å². The molecule has 0 N–H and O–H groups in total. The van der Waals surface area contributed by atoms with Crippen molar-refractivity contribution in [1.29, 1.82) is 0 Å². The number of benzene rings is 1. The van der Waals surface area contributed by atoms with E-state index in [2.05, 4.69) is 6.92 Å². The van der Waals surface area contributed by atoms with Crippen molar-refractivity contribution < 1.29 is 9.47 Å². The Labute approximate surface area is 92.5 Å². The molecule has 1 atom stereocenters. The van der Waals surface area contributed by atoms with Gasteiger partial charge in [-0.3, -0.25) is 0 Å². The molecule has 0 fully saturated rings. The van der Waals surface area contributed by atoms with Gasteiger partial charge in [0.25, 0.3) is 0 Å². The number of thioether (sulfide) groups is 1. The van der Waals surface area contributed by atoms with Crippen LogP contribution in [0.3, 0.4) is 0 Å². The van der Waals surface area contributed by atoms with E-state index in [1.165, 1.54) is 0 Å². The zero-order valence-electron chi connectivity index (χ0n) is 8.04. The van der Waals surface area contributed by atoms with Gasteiger partial charge in [0.05, 0.1) is 12.0 Å². The third kappa shape index (κ3) is 1.66. The first-order chi connectivity index (χ1) is 6.72. The smallest absolute Gasteiger partial charge is 0.155 e. The van der Waals surface area contributed by atoms with E-state index in [9.17, 15) is 0 Å². The van der Waals surface area contributed by atoms with Crippen LogP contribution in [0.25, 0.3) is 0 Å². The Bertz CT molecular complexity index is 354. The zero-order valence-corrected chi connectivity index (χ0v) is 9.61. The first-order valence-corrected chi connectivity index (χ1v) is 5.64. The Kier molecular flexibility index (Phi) is 2.79. The highest BCUT2D eigenvalue weighted by Crippen LogP contribution is 2.45. The van der Waals surface area contributed by atoms with Crippen LogP contribution in [0, 0.1) is 0 Å². The molecule has 0 aromatic heterocycles. The number of hydrogen-bond acceptors (Lipinski definition) is 3. The van der Waals surface area contributed by atoms with Crippen LogP contribution in [0.1, 0.15) is 6.92 Å². The quantitative estimate of drug-likeness (QED) is 0.738. The van der Waals surface area contributed by atoms with E-state index in [0.29, 0.717) is 22.6 Å². The summed E-state index contributed by atoms with van der Waals surface area (Å²) in [4.78, 5) is 1.09. The Hall–Kier alpha value is -0.540. The maximum absolute atomic E-state index is 6.11. The van der Waals surface area contributed by atoms with Crippen LogP contribution < -0.4 is 9.47 Å². The van der Waals surface area contributed by atoms with Crippen molar-refractivity contribution in [3.05, 3.63) is 17.2 Å². The Morgan fingerprint density at radius 2 is 2.36 bits per heavy atom. The molecular formula is C10H11ClO2S. The van der Waals surface area contributed by atoms with Crippen molar-refractivity contribution in [3.8, 4) is 11.5 Å². The van der Waals surface area contributed by atoms with Gasteiger partial charge < -0.3 is 9.47 Å². The summed E-state index contributed by atoms with van der Waals surface area (Å²) < 4.78 is 10.7. The maximum Gasteiger partial charge on any atom is 0.155 e. The fourth-order valence-electron chi connectivity index (χ4n) is 1.36. The van der Waals surface area contributed by atoms with E-state index < -0.39 is 0 Å². The van der Waals surface area contributed by atoms with Gasteiger partial charge in [0.15, 0.2) is 5.75 Å². The minimum atomic E-state index is 0.479. The average molecular weight is 231 g/mol. The summed E-state index contributed by atoms with van der Waals surface area (Å²) in [5.74, 6) is 1.43. The highest BCUT2D eigenvalue weighted by molar-refractivity contribution is 8.00. The molecule has 1 aromatic rings. The molecule has 1 heterocycles. The molecule has 0 amide bonds. The molecule has 0 spiro atoms. The second kappa shape index (κ2) is 3.91. The molecule has 1 aromatic carbocycles. The molecule has 1 unspecified atom stereocenters. The van der Waals surface area contributed by atoms with E-state index in [-0.39, 0.29) is 0 Å². The van der Waals surface area contributed by atoms with Gasteiger partial charge in [-0.2, -0.15) is 0 Å². The van der Waals surface area contributed by atoms with E-state index in [1.54, 1.807) is 18.9 Å². The first kappa shape index (κ1) is 9.99. The number of rotatable bonds is 1. The predicted octanol–water partition coefficient (Wildman–Crippen LogP) is 3.22. The van der Waals surface area contributed by atoms with Gasteiger partial charge in [0, 0.05) is 5.25 Å². The normalized spacial score (nSPS) is 19.8. The summed E-state index contributed by atoms with van der Waals surface area (Å²) in [7, 11) is 1.60. The number of halogens is 1. The number of fused-ring (bicyclic) bond motifs is 1. The Morgan fingerprint density at radius 3 is 3.07 bits per heavy atom. The molecule has 0 bridgehead atoms. The second-order valence-corrected chi connectivity index (χ2v) is 5.01. The minimum absolute atomic E-state index is 0.479. The van der Waals surface area contributed by atoms with Crippen molar-refractivity contribution >= 4 is 23.4 Å². The third-order valence-corrected chi connectivity index (χ3v) is 3.51. The first-order valence-electron chi connectivity index (χ1n) is 4.38. The molecule has 2 nitrogen and oxygen atoms in total. The van der Waals surface area contributed by atoms with Gasteiger partial charge in [-0.1, -0.05) is 11.6 Å².